The first kappa shape index (κ1) is 48.1. The van der Waals surface area contributed by atoms with Gasteiger partial charge in [-0.2, -0.15) is 5.26 Å². The first-order valence-electron chi connectivity index (χ1n) is 21.6. The van der Waals surface area contributed by atoms with Gasteiger partial charge in [0, 0.05) is 87.1 Å². The van der Waals surface area contributed by atoms with E-state index in [0.29, 0.717) is 5.57 Å². The Morgan fingerprint density at radius 3 is 1.62 bits per heavy atom. The molecule has 0 amide bonds. The number of aryl methyl sites for hydroxylation is 1. The normalized spacial score (nSPS) is 12.2. The van der Waals surface area contributed by atoms with Gasteiger partial charge in [0.05, 0.1) is 45.8 Å². The van der Waals surface area contributed by atoms with Crippen LogP contribution >= 0.6 is 0 Å². The van der Waals surface area contributed by atoms with Crippen LogP contribution in [0.15, 0.2) is 175 Å². The summed E-state index contributed by atoms with van der Waals surface area (Å²) in [4.78, 5) is 28.0. The van der Waals surface area contributed by atoms with Crippen molar-refractivity contribution in [3.8, 4) is 46.0 Å². The molecule has 2 aliphatic rings. The largest absolute Gasteiger partial charge is 0.456 e. The van der Waals surface area contributed by atoms with E-state index in [-0.39, 0.29) is 19.5 Å². The zero-order chi connectivity index (χ0) is 44.2. The number of allylic oxidation sites excluding steroid dienone is 4. The first-order chi connectivity index (χ1) is 30.9. The average Bonchev–Trinajstić information content (AvgIpc) is 3.35. The third-order valence-electron chi connectivity index (χ3n) is 10.0. The minimum absolute atomic E-state index is 0. The van der Waals surface area contributed by atoms with Gasteiger partial charge in [0.15, 0.2) is 0 Å². The molecule has 0 spiro atoms. The maximum Gasteiger partial charge on any atom is 0.136 e. The summed E-state index contributed by atoms with van der Waals surface area (Å²) >= 11 is 0. The van der Waals surface area contributed by atoms with Crippen LogP contribution in [0.1, 0.15) is 70.1 Å². The van der Waals surface area contributed by atoms with Gasteiger partial charge in [0.2, 0.25) is 0 Å². The predicted molar refractivity (Wildman–Crippen MR) is 256 cm³/mol. The Bertz CT molecular complexity index is 2510. The molecule has 64 heavy (non-hydrogen) atoms. The molecule has 0 saturated heterocycles. The summed E-state index contributed by atoms with van der Waals surface area (Å²) in [6, 6.07) is 39.8. The van der Waals surface area contributed by atoms with Crippen molar-refractivity contribution in [1.82, 2.24) is 29.9 Å². The molecule has 0 fully saturated rings. The summed E-state index contributed by atoms with van der Waals surface area (Å²) in [6.45, 7) is 12.5. The number of rotatable bonds is 8. The Morgan fingerprint density at radius 2 is 1.14 bits per heavy atom. The van der Waals surface area contributed by atoms with Crippen LogP contribution in [-0.4, -0.2) is 43.0 Å². The number of fused-ring (bicyclic) bond motifs is 2. The van der Waals surface area contributed by atoms with Crippen LogP contribution < -0.4 is 9.64 Å². The van der Waals surface area contributed by atoms with E-state index < -0.39 is 0 Å². The molecule has 1 aromatic carbocycles. The third-order valence-corrected chi connectivity index (χ3v) is 10.0. The molecule has 1 aliphatic heterocycles. The molecule has 0 saturated carbocycles. The van der Waals surface area contributed by atoms with Crippen LogP contribution in [0.3, 0.4) is 0 Å². The molecule has 7 aromatic rings. The van der Waals surface area contributed by atoms with Gasteiger partial charge in [-0.25, -0.2) is 0 Å². The third kappa shape index (κ3) is 13.3. The zero-order valence-electron chi connectivity index (χ0n) is 37.2. The van der Waals surface area contributed by atoms with E-state index in [4.69, 9.17) is 4.74 Å². The quantitative estimate of drug-likeness (QED) is 0.109. The number of nitrogens with zero attached hydrogens (tertiary/aromatic N) is 8. The van der Waals surface area contributed by atoms with E-state index in [0.717, 1.165) is 106 Å². The van der Waals surface area contributed by atoms with Crippen molar-refractivity contribution in [2.75, 3.05) is 18.0 Å². The van der Waals surface area contributed by atoms with Gasteiger partial charge in [-0.15, -0.1) is 0 Å². The molecule has 7 heterocycles. The van der Waals surface area contributed by atoms with Crippen molar-refractivity contribution in [2.45, 2.75) is 60.3 Å². The molecular formula is C54H54N8ORu. The zero-order valence-corrected chi connectivity index (χ0v) is 38.9. The van der Waals surface area contributed by atoms with Gasteiger partial charge in [-0.05, 0) is 159 Å². The summed E-state index contributed by atoms with van der Waals surface area (Å²) in [6.07, 6.45) is 19.0. The molecule has 324 valence electrons. The molecule has 9 nitrogen and oxygen atoms in total. The van der Waals surface area contributed by atoms with Crippen LogP contribution in [0, 0.1) is 18.3 Å². The fourth-order valence-corrected chi connectivity index (χ4v) is 6.95. The molecule has 0 atom stereocenters. The summed E-state index contributed by atoms with van der Waals surface area (Å²) in [5, 5.41) is 10.1. The van der Waals surface area contributed by atoms with Gasteiger partial charge < -0.3 is 9.64 Å². The van der Waals surface area contributed by atoms with Crippen LogP contribution in [0.4, 0.5) is 5.69 Å². The standard InChI is InChI=1S/C31H30N4O.2C10H8N2.C3H8.Ru/c1-4-35(5-2)27-10-9-23-16-24-7-6-8-25(31(24)36-30(23)19-27)17-26(20-32)22-12-14-34-29(18-22)28-15-21(3)11-13-33-28;2*1-3-7-11-9(5-1)10-6-2-4-8-12-10;1-3-2;/h9-19H,4-8H2,1-3H3;2*1-8H;3H2,1-2H3;/b26-17+;;;;. The number of hydrogen-bond donors (Lipinski definition) is 0. The number of anilines is 1. The summed E-state index contributed by atoms with van der Waals surface area (Å²) in [7, 11) is 0. The summed E-state index contributed by atoms with van der Waals surface area (Å²) < 4.78 is 6.52. The van der Waals surface area contributed by atoms with Crippen LogP contribution in [0.5, 0.6) is 5.75 Å². The molecule has 0 unspecified atom stereocenters. The predicted octanol–water partition coefficient (Wildman–Crippen LogP) is 12.8. The Kier molecular flexibility index (Phi) is 19.0. The van der Waals surface area contributed by atoms with E-state index in [1.165, 1.54) is 12.0 Å². The summed E-state index contributed by atoms with van der Waals surface area (Å²) in [5.41, 5.74) is 12.3. The van der Waals surface area contributed by atoms with E-state index in [9.17, 15) is 5.26 Å². The number of hydrogen-bond acceptors (Lipinski definition) is 9. The smallest absolute Gasteiger partial charge is 0.136 e. The fourth-order valence-electron chi connectivity index (χ4n) is 6.95. The molecule has 6 aromatic heterocycles. The SMILES string of the molecule is CCC.CCN(CC)c1ccc2c(c1)OC1=C(/C=C(\C#N)c3ccnc(-c4cc(C)ccn4)c3)CCCC1=C2.[Ru].c1ccc(-c2ccccn2)nc1.c1ccc(-c2ccccn2)nc1. The van der Waals surface area contributed by atoms with Gasteiger partial charge in [-0.3, -0.25) is 29.9 Å². The number of nitriles is 1. The monoisotopic (exact) mass is 932 g/mol. The topological polar surface area (TPSA) is 114 Å². The maximum absolute atomic E-state index is 10.1. The van der Waals surface area contributed by atoms with Crippen molar-refractivity contribution >= 4 is 17.3 Å². The van der Waals surface area contributed by atoms with Crippen LogP contribution in [0.2, 0.25) is 0 Å². The number of benzene rings is 1. The van der Waals surface area contributed by atoms with E-state index in [1.54, 1.807) is 37.2 Å². The van der Waals surface area contributed by atoms with Crippen molar-refractivity contribution in [2.24, 2.45) is 0 Å². The molecular weight excluding hydrogens is 878 g/mol. The fraction of sp³-hybridized carbons (Fsp3) is 0.204. The Hall–Kier alpha value is -6.95. The average molecular weight is 932 g/mol. The second kappa shape index (κ2) is 25.2. The van der Waals surface area contributed by atoms with Gasteiger partial charge in [0.1, 0.15) is 11.5 Å². The molecule has 1 aliphatic carbocycles. The van der Waals surface area contributed by atoms with E-state index in [1.807, 2.05) is 110 Å². The molecule has 0 radical (unpaired) electrons. The molecule has 10 heteroatoms. The minimum atomic E-state index is 0. The van der Waals surface area contributed by atoms with Crippen molar-refractivity contribution in [3.05, 3.63) is 192 Å². The summed E-state index contributed by atoms with van der Waals surface area (Å²) in [5.74, 6) is 1.77. The second-order valence-corrected chi connectivity index (χ2v) is 14.8. The Morgan fingerprint density at radius 1 is 0.625 bits per heavy atom. The number of aromatic nitrogens is 6. The van der Waals surface area contributed by atoms with Crippen LogP contribution in [0.25, 0.3) is 45.8 Å². The maximum atomic E-state index is 10.1. The molecule has 0 N–H and O–H groups in total. The second-order valence-electron chi connectivity index (χ2n) is 14.8. The number of pyridine rings is 6. The van der Waals surface area contributed by atoms with E-state index in [2.05, 4.69) is 92.8 Å². The van der Waals surface area contributed by atoms with Crippen molar-refractivity contribution in [1.29, 1.82) is 5.26 Å². The molecule has 0 bridgehead atoms. The van der Waals surface area contributed by atoms with E-state index >= 15 is 0 Å². The Labute approximate surface area is 391 Å². The van der Waals surface area contributed by atoms with Gasteiger partial charge in [-0.1, -0.05) is 44.5 Å². The van der Waals surface area contributed by atoms with Gasteiger partial charge in [0.25, 0.3) is 0 Å². The first-order valence-corrected chi connectivity index (χ1v) is 21.6. The van der Waals surface area contributed by atoms with Crippen molar-refractivity contribution in [3.63, 3.8) is 0 Å². The minimum Gasteiger partial charge on any atom is -0.456 e. The number of ether oxygens (including phenoxy) is 1. The Balaban J connectivity index is 0.000000222. The van der Waals surface area contributed by atoms with Gasteiger partial charge >= 0.3 is 0 Å². The molecule has 9 rings (SSSR count). The van der Waals surface area contributed by atoms with Crippen molar-refractivity contribution < 1.29 is 24.2 Å². The van der Waals surface area contributed by atoms with Crippen LogP contribution in [-0.2, 0) is 19.5 Å².